The monoisotopic (exact) mass is 233 g/mol. The highest BCUT2D eigenvalue weighted by atomic mass is 35.5. The van der Waals surface area contributed by atoms with E-state index < -0.39 is 0 Å². The molecular formula is C12H12ClN3. The van der Waals surface area contributed by atoms with Gasteiger partial charge in [0, 0.05) is 23.7 Å². The van der Waals surface area contributed by atoms with Crippen LogP contribution in [0, 0.1) is 0 Å². The SMILES string of the molecule is Clc1cccc(-c2cnn3c2CNCC3)c1. The average molecular weight is 234 g/mol. The smallest absolute Gasteiger partial charge is 0.0601 e. The van der Waals surface area contributed by atoms with Crippen LogP contribution in [0.5, 0.6) is 0 Å². The van der Waals surface area contributed by atoms with Crippen LogP contribution in [0.1, 0.15) is 5.69 Å². The largest absolute Gasteiger partial charge is 0.309 e. The van der Waals surface area contributed by atoms with Crippen LogP contribution in [-0.2, 0) is 13.1 Å². The minimum absolute atomic E-state index is 0.765. The maximum atomic E-state index is 6.00. The summed E-state index contributed by atoms with van der Waals surface area (Å²) >= 11 is 6.00. The Labute approximate surface area is 99.0 Å². The zero-order valence-electron chi connectivity index (χ0n) is 8.78. The van der Waals surface area contributed by atoms with E-state index in [0.29, 0.717) is 0 Å². The highest BCUT2D eigenvalue weighted by Crippen LogP contribution is 2.26. The van der Waals surface area contributed by atoms with Gasteiger partial charge in [-0.25, -0.2) is 0 Å². The Hall–Kier alpha value is -1.32. The zero-order chi connectivity index (χ0) is 11.0. The van der Waals surface area contributed by atoms with E-state index in [1.165, 1.54) is 11.3 Å². The van der Waals surface area contributed by atoms with Gasteiger partial charge in [0.1, 0.15) is 0 Å². The molecule has 3 nitrogen and oxygen atoms in total. The highest BCUT2D eigenvalue weighted by molar-refractivity contribution is 6.30. The van der Waals surface area contributed by atoms with Crippen molar-refractivity contribution in [3.05, 3.63) is 41.2 Å². The Balaban J connectivity index is 2.09. The Morgan fingerprint density at radius 2 is 2.31 bits per heavy atom. The van der Waals surface area contributed by atoms with Gasteiger partial charge in [-0.05, 0) is 17.7 Å². The fourth-order valence-corrected chi connectivity index (χ4v) is 2.27. The molecule has 0 unspecified atom stereocenters. The number of nitrogens with zero attached hydrogens (tertiary/aromatic N) is 2. The highest BCUT2D eigenvalue weighted by Gasteiger charge is 2.15. The lowest BCUT2D eigenvalue weighted by atomic mass is 10.1. The number of benzene rings is 1. The molecule has 0 aliphatic carbocycles. The van der Waals surface area contributed by atoms with Gasteiger partial charge in [-0.1, -0.05) is 23.7 Å². The standard InChI is InChI=1S/C12H12ClN3/c13-10-3-1-2-9(6-10)11-7-15-16-5-4-14-8-12(11)16/h1-3,6-7,14H,4-5,8H2. The second-order valence-corrected chi connectivity index (χ2v) is 4.35. The summed E-state index contributed by atoms with van der Waals surface area (Å²) in [7, 11) is 0. The summed E-state index contributed by atoms with van der Waals surface area (Å²) in [4.78, 5) is 0. The van der Waals surface area contributed by atoms with Gasteiger partial charge in [0.05, 0.1) is 18.4 Å². The first-order chi connectivity index (χ1) is 7.84. The van der Waals surface area contributed by atoms with Crippen LogP contribution in [0.2, 0.25) is 5.02 Å². The van der Waals surface area contributed by atoms with Crippen LogP contribution in [0.15, 0.2) is 30.5 Å². The van der Waals surface area contributed by atoms with E-state index in [2.05, 4.69) is 21.2 Å². The first-order valence-electron chi connectivity index (χ1n) is 5.36. The topological polar surface area (TPSA) is 29.9 Å². The molecular weight excluding hydrogens is 222 g/mol. The molecule has 0 radical (unpaired) electrons. The third-order valence-corrected chi connectivity index (χ3v) is 3.11. The van der Waals surface area contributed by atoms with Crippen LogP contribution in [0.25, 0.3) is 11.1 Å². The first-order valence-corrected chi connectivity index (χ1v) is 5.74. The molecule has 2 aromatic rings. The van der Waals surface area contributed by atoms with Crippen molar-refractivity contribution in [3.63, 3.8) is 0 Å². The van der Waals surface area contributed by atoms with Gasteiger partial charge >= 0.3 is 0 Å². The second-order valence-electron chi connectivity index (χ2n) is 3.92. The summed E-state index contributed by atoms with van der Waals surface area (Å²) in [5.41, 5.74) is 3.56. The van der Waals surface area contributed by atoms with Gasteiger partial charge < -0.3 is 5.32 Å². The molecule has 0 bridgehead atoms. The molecule has 3 rings (SSSR count). The van der Waals surface area contributed by atoms with Crippen LogP contribution >= 0.6 is 11.6 Å². The van der Waals surface area contributed by atoms with Crippen molar-refractivity contribution in [2.45, 2.75) is 13.1 Å². The summed E-state index contributed by atoms with van der Waals surface area (Å²) in [6.07, 6.45) is 1.92. The minimum atomic E-state index is 0.765. The van der Waals surface area contributed by atoms with Gasteiger partial charge in [0.25, 0.3) is 0 Å². The Morgan fingerprint density at radius 3 is 3.19 bits per heavy atom. The summed E-state index contributed by atoms with van der Waals surface area (Å²) < 4.78 is 2.06. The number of nitrogens with one attached hydrogen (secondary N) is 1. The minimum Gasteiger partial charge on any atom is -0.309 e. The first kappa shape index (κ1) is 9.87. The predicted octanol–water partition coefficient (Wildman–Crippen LogP) is 2.31. The number of halogens is 1. The van der Waals surface area contributed by atoms with Crippen molar-refractivity contribution in [1.82, 2.24) is 15.1 Å². The van der Waals surface area contributed by atoms with E-state index >= 15 is 0 Å². The lowest BCUT2D eigenvalue weighted by Gasteiger charge is -2.16. The molecule has 2 heterocycles. The van der Waals surface area contributed by atoms with Gasteiger partial charge in [0.2, 0.25) is 0 Å². The molecule has 1 aliphatic heterocycles. The molecule has 16 heavy (non-hydrogen) atoms. The fourth-order valence-electron chi connectivity index (χ4n) is 2.08. The van der Waals surface area contributed by atoms with E-state index in [1.807, 2.05) is 24.4 Å². The number of hydrogen-bond donors (Lipinski definition) is 1. The molecule has 0 saturated carbocycles. The molecule has 0 atom stereocenters. The molecule has 4 heteroatoms. The summed E-state index contributed by atoms with van der Waals surface area (Å²) in [6, 6.07) is 7.91. The van der Waals surface area contributed by atoms with E-state index in [0.717, 1.165) is 30.2 Å². The molecule has 0 amide bonds. The van der Waals surface area contributed by atoms with Crippen LogP contribution < -0.4 is 5.32 Å². The Morgan fingerprint density at radius 1 is 1.38 bits per heavy atom. The Bertz CT molecular complexity index is 519. The van der Waals surface area contributed by atoms with Gasteiger partial charge in [-0.15, -0.1) is 0 Å². The molecule has 1 N–H and O–H groups in total. The third kappa shape index (κ3) is 1.62. The maximum absolute atomic E-state index is 6.00. The summed E-state index contributed by atoms with van der Waals surface area (Å²) in [5.74, 6) is 0. The van der Waals surface area contributed by atoms with Gasteiger partial charge in [0.15, 0.2) is 0 Å². The molecule has 1 aliphatic rings. The van der Waals surface area contributed by atoms with Crippen molar-refractivity contribution in [2.75, 3.05) is 6.54 Å². The molecule has 82 valence electrons. The average Bonchev–Trinajstić information content (AvgIpc) is 2.72. The lowest BCUT2D eigenvalue weighted by molar-refractivity contribution is 0.476. The van der Waals surface area contributed by atoms with Crippen LogP contribution in [0.4, 0.5) is 0 Å². The van der Waals surface area contributed by atoms with E-state index in [-0.39, 0.29) is 0 Å². The van der Waals surface area contributed by atoms with E-state index in [1.54, 1.807) is 0 Å². The third-order valence-electron chi connectivity index (χ3n) is 2.88. The van der Waals surface area contributed by atoms with Gasteiger partial charge in [-0.3, -0.25) is 4.68 Å². The molecule has 0 fully saturated rings. The zero-order valence-corrected chi connectivity index (χ0v) is 9.54. The van der Waals surface area contributed by atoms with Gasteiger partial charge in [-0.2, -0.15) is 5.10 Å². The number of aromatic nitrogens is 2. The molecule has 0 saturated heterocycles. The number of hydrogen-bond acceptors (Lipinski definition) is 2. The van der Waals surface area contributed by atoms with Crippen molar-refractivity contribution in [2.24, 2.45) is 0 Å². The van der Waals surface area contributed by atoms with Crippen LogP contribution in [0.3, 0.4) is 0 Å². The number of rotatable bonds is 1. The fraction of sp³-hybridized carbons (Fsp3) is 0.250. The lowest BCUT2D eigenvalue weighted by Crippen LogP contribution is -2.28. The predicted molar refractivity (Wildman–Crippen MR) is 64.4 cm³/mol. The molecule has 1 aromatic carbocycles. The summed E-state index contributed by atoms with van der Waals surface area (Å²) in [6.45, 7) is 2.81. The number of fused-ring (bicyclic) bond motifs is 1. The van der Waals surface area contributed by atoms with Crippen molar-refractivity contribution >= 4 is 11.6 Å². The van der Waals surface area contributed by atoms with Crippen LogP contribution in [-0.4, -0.2) is 16.3 Å². The summed E-state index contributed by atoms with van der Waals surface area (Å²) in [5, 5.41) is 8.52. The Kier molecular flexibility index (Phi) is 2.42. The molecule has 0 spiro atoms. The maximum Gasteiger partial charge on any atom is 0.0601 e. The van der Waals surface area contributed by atoms with Crippen molar-refractivity contribution in [3.8, 4) is 11.1 Å². The quantitative estimate of drug-likeness (QED) is 0.819. The van der Waals surface area contributed by atoms with E-state index in [9.17, 15) is 0 Å². The van der Waals surface area contributed by atoms with Crippen molar-refractivity contribution in [1.29, 1.82) is 0 Å². The normalized spacial score (nSPS) is 14.8. The van der Waals surface area contributed by atoms with E-state index in [4.69, 9.17) is 11.6 Å². The molecule has 1 aromatic heterocycles. The van der Waals surface area contributed by atoms with Crippen molar-refractivity contribution < 1.29 is 0 Å². The second kappa shape index (κ2) is 3.92.